The Morgan fingerprint density at radius 2 is 2.03 bits per heavy atom. The summed E-state index contributed by atoms with van der Waals surface area (Å²) < 4.78 is 5.23. The number of phenolic OH excluding ortho intramolecular Hbond substituents is 1. The average molecular weight is 409 g/mol. The fourth-order valence-corrected chi connectivity index (χ4v) is 4.37. The lowest BCUT2D eigenvalue weighted by Crippen LogP contribution is -2.40. The molecule has 2 aromatic rings. The molecule has 1 fully saturated rings. The number of nitrogens with zero attached hydrogens (tertiary/aromatic N) is 2. The van der Waals surface area contributed by atoms with Gasteiger partial charge in [0.2, 0.25) is 5.91 Å². The first-order chi connectivity index (χ1) is 14.0. The van der Waals surface area contributed by atoms with Crippen LogP contribution in [-0.2, 0) is 9.59 Å². The molecule has 2 aliphatic heterocycles. The van der Waals surface area contributed by atoms with Gasteiger partial charge in [0.05, 0.1) is 30.2 Å². The molecule has 0 saturated carbocycles. The second-order valence-electron chi connectivity index (χ2n) is 6.60. The fourth-order valence-electron chi connectivity index (χ4n) is 3.43. The van der Waals surface area contributed by atoms with Crippen molar-refractivity contribution < 1.29 is 19.4 Å². The molecule has 1 atom stereocenters. The summed E-state index contributed by atoms with van der Waals surface area (Å²) in [5, 5.41) is 13.4. The van der Waals surface area contributed by atoms with Gasteiger partial charge in [0.15, 0.2) is 16.7 Å². The first-order valence-corrected chi connectivity index (χ1v) is 9.95. The van der Waals surface area contributed by atoms with Crippen LogP contribution < -0.4 is 10.1 Å². The molecule has 2 aliphatic rings. The summed E-state index contributed by atoms with van der Waals surface area (Å²) in [4.78, 5) is 31.9. The molecule has 0 aromatic heterocycles. The van der Waals surface area contributed by atoms with Crippen LogP contribution in [0.5, 0.6) is 11.5 Å². The Bertz CT molecular complexity index is 1050. The molecule has 2 aromatic carbocycles. The van der Waals surface area contributed by atoms with E-state index in [1.807, 2.05) is 18.2 Å². The molecule has 8 heteroatoms. The number of hydrogen-bond donors (Lipinski definition) is 2. The van der Waals surface area contributed by atoms with Crippen LogP contribution in [0.15, 0.2) is 64.8 Å². The van der Waals surface area contributed by atoms with Crippen molar-refractivity contribution in [3.8, 4) is 11.5 Å². The lowest BCUT2D eigenvalue weighted by molar-refractivity contribution is -0.125. The molecular weight excluding hydrogens is 390 g/mol. The summed E-state index contributed by atoms with van der Waals surface area (Å²) in [6.07, 6.45) is 0. The van der Waals surface area contributed by atoms with Crippen LogP contribution in [-0.4, -0.2) is 39.9 Å². The molecule has 1 saturated heterocycles. The second kappa shape index (κ2) is 7.63. The predicted octanol–water partition coefficient (Wildman–Crippen LogP) is 3.30. The van der Waals surface area contributed by atoms with Gasteiger partial charge in [-0.1, -0.05) is 36.0 Å². The number of rotatable bonds is 4. The number of hydrogen-bond acceptors (Lipinski definition) is 6. The van der Waals surface area contributed by atoms with Gasteiger partial charge >= 0.3 is 0 Å². The van der Waals surface area contributed by atoms with Crippen LogP contribution in [0.1, 0.15) is 18.5 Å². The number of ether oxygens (including phenoxy) is 1. The number of anilines is 1. The molecule has 0 bridgehead atoms. The number of amidine groups is 1. The monoisotopic (exact) mass is 409 g/mol. The Hall–Kier alpha value is -3.26. The lowest BCUT2D eigenvalue weighted by atomic mass is 9.93. The third-order valence-corrected chi connectivity index (χ3v) is 5.72. The summed E-state index contributed by atoms with van der Waals surface area (Å²) in [5.41, 5.74) is 2.22. The summed E-state index contributed by atoms with van der Waals surface area (Å²) in [6, 6.07) is 13.3. The molecule has 0 spiro atoms. The zero-order valence-electron chi connectivity index (χ0n) is 15.9. The largest absolute Gasteiger partial charge is 0.504 e. The van der Waals surface area contributed by atoms with E-state index in [1.165, 1.54) is 24.9 Å². The van der Waals surface area contributed by atoms with Gasteiger partial charge in [0.1, 0.15) is 0 Å². The highest BCUT2D eigenvalue weighted by atomic mass is 32.2. The third kappa shape index (κ3) is 3.47. The highest BCUT2D eigenvalue weighted by Crippen LogP contribution is 2.42. The summed E-state index contributed by atoms with van der Waals surface area (Å²) in [6.45, 7) is 1.76. The molecule has 4 rings (SSSR count). The third-order valence-electron chi connectivity index (χ3n) is 4.78. The minimum Gasteiger partial charge on any atom is -0.504 e. The molecule has 0 radical (unpaired) electrons. The first kappa shape index (κ1) is 19.1. The van der Waals surface area contributed by atoms with Crippen LogP contribution in [0.3, 0.4) is 0 Å². The van der Waals surface area contributed by atoms with Crippen LogP contribution in [0.4, 0.5) is 5.69 Å². The first-order valence-electron chi connectivity index (χ1n) is 8.97. The molecule has 0 aliphatic carbocycles. The standard InChI is InChI=1S/C21H19N3O4S/c1-12-18(20(27)23-14-6-4-3-5-7-14)19(24-17(26)11-29-21(24)22-12)13-8-9-15(25)16(10-13)28-2/h3-10,19,25H,11H2,1-2H3,(H,23,27). The smallest absolute Gasteiger partial charge is 0.255 e. The second-order valence-corrected chi connectivity index (χ2v) is 7.54. The van der Waals surface area contributed by atoms with E-state index in [-0.39, 0.29) is 29.1 Å². The van der Waals surface area contributed by atoms with Crippen molar-refractivity contribution in [2.45, 2.75) is 13.0 Å². The Kier molecular flexibility index (Phi) is 5.02. The highest BCUT2D eigenvalue weighted by Gasteiger charge is 2.43. The van der Waals surface area contributed by atoms with E-state index < -0.39 is 6.04 Å². The SMILES string of the molecule is COc1cc(C2C(C(=O)Nc3ccccc3)=C(C)N=C3SCC(=O)N32)ccc1O. The van der Waals surface area contributed by atoms with Crippen molar-refractivity contribution in [2.75, 3.05) is 18.2 Å². The van der Waals surface area contributed by atoms with E-state index in [1.54, 1.807) is 36.1 Å². The van der Waals surface area contributed by atoms with Gasteiger partial charge in [-0.3, -0.25) is 14.5 Å². The van der Waals surface area contributed by atoms with Crippen molar-refractivity contribution in [3.05, 3.63) is 65.4 Å². The maximum absolute atomic E-state index is 13.2. The number of methoxy groups -OCH3 is 1. The van der Waals surface area contributed by atoms with Crippen molar-refractivity contribution in [1.29, 1.82) is 0 Å². The number of para-hydroxylation sites is 1. The van der Waals surface area contributed by atoms with Crippen LogP contribution >= 0.6 is 11.8 Å². The van der Waals surface area contributed by atoms with Crippen LogP contribution in [0, 0.1) is 0 Å². The van der Waals surface area contributed by atoms with Crippen molar-refractivity contribution in [3.63, 3.8) is 0 Å². The zero-order valence-corrected chi connectivity index (χ0v) is 16.7. The van der Waals surface area contributed by atoms with Crippen molar-refractivity contribution >= 4 is 34.4 Å². The van der Waals surface area contributed by atoms with Gasteiger partial charge in [-0.25, -0.2) is 4.99 Å². The van der Waals surface area contributed by atoms with Crippen LogP contribution in [0.25, 0.3) is 0 Å². The molecule has 2 N–H and O–H groups in total. The number of phenols is 1. The highest BCUT2D eigenvalue weighted by molar-refractivity contribution is 8.15. The number of nitrogens with one attached hydrogen (secondary N) is 1. The Morgan fingerprint density at radius 1 is 1.28 bits per heavy atom. The number of amides is 2. The number of carbonyl (C=O) groups excluding carboxylic acids is 2. The number of carbonyl (C=O) groups is 2. The van der Waals surface area contributed by atoms with Gasteiger partial charge in [-0.2, -0.15) is 0 Å². The topological polar surface area (TPSA) is 91.2 Å². The van der Waals surface area contributed by atoms with E-state index in [9.17, 15) is 14.7 Å². The molecule has 1 unspecified atom stereocenters. The van der Waals surface area contributed by atoms with Gasteiger partial charge < -0.3 is 15.2 Å². The number of benzene rings is 2. The molecule has 148 valence electrons. The van der Waals surface area contributed by atoms with E-state index in [0.29, 0.717) is 27.7 Å². The molecule has 7 nitrogen and oxygen atoms in total. The number of aliphatic imine (C=N–C) groups is 1. The Balaban J connectivity index is 1.81. The van der Waals surface area contributed by atoms with Gasteiger partial charge in [0.25, 0.3) is 5.91 Å². The quantitative estimate of drug-likeness (QED) is 0.809. The Labute approximate surface area is 172 Å². The van der Waals surface area contributed by atoms with Gasteiger partial charge in [-0.15, -0.1) is 0 Å². The van der Waals surface area contributed by atoms with Crippen molar-refractivity contribution in [2.24, 2.45) is 4.99 Å². The molecule has 2 heterocycles. The van der Waals surface area contributed by atoms with Gasteiger partial charge in [0, 0.05) is 5.69 Å². The maximum atomic E-state index is 13.2. The minimum absolute atomic E-state index is 0.0148. The molecule has 29 heavy (non-hydrogen) atoms. The number of fused-ring (bicyclic) bond motifs is 1. The van der Waals surface area contributed by atoms with Crippen LogP contribution in [0.2, 0.25) is 0 Å². The molecule has 2 amide bonds. The molecular formula is C21H19N3O4S. The summed E-state index contributed by atoms with van der Waals surface area (Å²) in [5.74, 6) is 0.0674. The zero-order chi connectivity index (χ0) is 20.5. The van der Waals surface area contributed by atoms with E-state index in [0.717, 1.165) is 0 Å². The number of aromatic hydroxyl groups is 1. The Morgan fingerprint density at radius 3 is 2.76 bits per heavy atom. The lowest BCUT2D eigenvalue weighted by Gasteiger charge is -2.33. The average Bonchev–Trinajstić information content (AvgIpc) is 3.08. The van der Waals surface area contributed by atoms with E-state index >= 15 is 0 Å². The minimum atomic E-state index is -0.664. The van der Waals surface area contributed by atoms with Gasteiger partial charge in [-0.05, 0) is 36.8 Å². The van der Waals surface area contributed by atoms with E-state index in [2.05, 4.69) is 10.3 Å². The summed E-state index contributed by atoms with van der Waals surface area (Å²) in [7, 11) is 1.45. The van der Waals surface area contributed by atoms with Crippen molar-refractivity contribution in [1.82, 2.24) is 4.90 Å². The maximum Gasteiger partial charge on any atom is 0.255 e. The fraction of sp³-hybridized carbons (Fsp3) is 0.190. The number of thioether (sulfide) groups is 1. The normalized spacial score (nSPS) is 18.4. The van der Waals surface area contributed by atoms with E-state index in [4.69, 9.17) is 4.74 Å². The summed E-state index contributed by atoms with van der Waals surface area (Å²) >= 11 is 1.35. The number of allylic oxidation sites excluding steroid dienone is 1. The predicted molar refractivity (Wildman–Crippen MR) is 112 cm³/mol.